The van der Waals surface area contributed by atoms with E-state index in [9.17, 15) is 13.0 Å². The average molecular weight is 292 g/mol. The van der Waals surface area contributed by atoms with Gasteiger partial charge in [-0.25, -0.2) is 0 Å². The van der Waals surface area contributed by atoms with Gasteiger partial charge in [-0.2, -0.15) is 8.42 Å². The van der Waals surface area contributed by atoms with Crippen molar-refractivity contribution >= 4 is 20.9 Å². The third-order valence-electron chi connectivity index (χ3n) is 3.48. The average Bonchev–Trinajstić information content (AvgIpc) is 2.38. The molecule has 0 unspecified atom stereocenters. The summed E-state index contributed by atoms with van der Waals surface area (Å²) >= 11 is 0. The molecular formula is C16H20O3S. The number of benzene rings is 2. The van der Waals surface area contributed by atoms with Crippen LogP contribution in [-0.2, 0) is 23.0 Å². The van der Waals surface area contributed by atoms with Crippen molar-refractivity contribution < 1.29 is 13.0 Å². The highest BCUT2D eigenvalue weighted by atomic mass is 32.2. The zero-order valence-electron chi connectivity index (χ0n) is 11.9. The van der Waals surface area contributed by atoms with E-state index < -0.39 is 10.1 Å². The van der Waals surface area contributed by atoms with Crippen molar-refractivity contribution in [1.29, 1.82) is 0 Å². The monoisotopic (exact) mass is 292 g/mol. The lowest BCUT2D eigenvalue weighted by molar-refractivity contribution is 0.484. The van der Waals surface area contributed by atoms with Gasteiger partial charge in [0.1, 0.15) is 4.90 Å². The molecule has 3 nitrogen and oxygen atoms in total. The fraction of sp³-hybridized carbons (Fsp3) is 0.375. The number of hydrogen-bond acceptors (Lipinski definition) is 2. The Labute approximate surface area is 120 Å². The molecule has 0 atom stereocenters. The van der Waals surface area contributed by atoms with Crippen LogP contribution in [0.25, 0.3) is 10.8 Å². The summed E-state index contributed by atoms with van der Waals surface area (Å²) in [6.07, 6.45) is 3.98. The summed E-state index contributed by atoms with van der Waals surface area (Å²) in [6, 6.07) is 8.98. The zero-order chi connectivity index (χ0) is 14.8. The minimum Gasteiger partial charge on any atom is -0.282 e. The molecule has 0 heterocycles. The minimum atomic E-state index is -4.19. The summed E-state index contributed by atoms with van der Waals surface area (Å²) in [6.45, 7) is 4.24. The molecule has 0 amide bonds. The van der Waals surface area contributed by atoms with Crippen molar-refractivity contribution in [1.82, 2.24) is 0 Å². The van der Waals surface area contributed by atoms with Gasteiger partial charge in [-0.1, -0.05) is 44.9 Å². The van der Waals surface area contributed by atoms with Crippen molar-refractivity contribution in [2.75, 3.05) is 0 Å². The van der Waals surface area contributed by atoms with Gasteiger partial charge in [0.2, 0.25) is 0 Å². The lowest BCUT2D eigenvalue weighted by Crippen LogP contribution is -2.01. The van der Waals surface area contributed by atoms with E-state index in [1.807, 2.05) is 12.1 Å². The van der Waals surface area contributed by atoms with Gasteiger partial charge in [0.15, 0.2) is 0 Å². The number of hydrogen-bond donors (Lipinski definition) is 1. The predicted molar refractivity (Wildman–Crippen MR) is 81.8 cm³/mol. The Morgan fingerprint density at radius 2 is 1.60 bits per heavy atom. The van der Waals surface area contributed by atoms with Gasteiger partial charge in [-0.05, 0) is 41.5 Å². The Morgan fingerprint density at radius 1 is 1.00 bits per heavy atom. The molecule has 2 aromatic rings. The van der Waals surface area contributed by atoms with Crippen LogP contribution in [0.4, 0.5) is 0 Å². The first-order valence-corrected chi connectivity index (χ1v) is 8.43. The summed E-state index contributed by atoms with van der Waals surface area (Å²) in [5.41, 5.74) is 2.45. The van der Waals surface area contributed by atoms with E-state index in [2.05, 4.69) is 19.9 Å². The maximum atomic E-state index is 11.5. The third-order valence-corrected chi connectivity index (χ3v) is 4.39. The molecular weight excluding hydrogens is 272 g/mol. The van der Waals surface area contributed by atoms with Gasteiger partial charge in [0.25, 0.3) is 10.1 Å². The van der Waals surface area contributed by atoms with E-state index in [1.165, 1.54) is 17.2 Å². The molecule has 0 saturated carbocycles. The van der Waals surface area contributed by atoms with E-state index >= 15 is 0 Å². The molecule has 108 valence electrons. The standard InChI is InChI=1S/C16H20O3S/c1-3-6-12-10-14-8-5-9-16(20(17,18)19)15(14)11-13(12)7-4-2/h5,8-11H,3-4,6-7H2,1-2H3,(H,17,18,19). The van der Waals surface area contributed by atoms with Gasteiger partial charge >= 0.3 is 0 Å². The van der Waals surface area contributed by atoms with E-state index in [0.717, 1.165) is 31.1 Å². The Morgan fingerprint density at radius 3 is 2.15 bits per heavy atom. The highest BCUT2D eigenvalue weighted by molar-refractivity contribution is 7.86. The maximum absolute atomic E-state index is 11.5. The topological polar surface area (TPSA) is 54.4 Å². The zero-order valence-corrected chi connectivity index (χ0v) is 12.7. The lowest BCUT2D eigenvalue weighted by atomic mass is 9.95. The Balaban J connectivity index is 2.74. The molecule has 0 spiro atoms. The molecule has 0 aliphatic rings. The summed E-state index contributed by atoms with van der Waals surface area (Å²) in [5.74, 6) is 0. The molecule has 0 saturated heterocycles. The SMILES string of the molecule is CCCc1cc2cccc(S(=O)(=O)O)c2cc1CCC. The van der Waals surface area contributed by atoms with Gasteiger partial charge in [-0.3, -0.25) is 4.55 Å². The van der Waals surface area contributed by atoms with Crippen LogP contribution in [0.3, 0.4) is 0 Å². The van der Waals surface area contributed by atoms with Crippen molar-refractivity contribution in [2.45, 2.75) is 44.4 Å². The first-order valence-electron chi connectivity index (χ1n) is 6.99. The van der Waals surface area contributed by atoms with Crippen molar-refractivity contribution in [3.05, 3.63) is 41.5 Å². The van der Waals surface area contributed by atoms with Crippen LogP contribution >= 0.6 is 0 Å². The molecule has 4 heteroatoms. The number of fused-ring (bicyclic) bond motifs is 1. The molecule has 0 fully saturated rings. The van der Waals surface area contributed by atoms with E-state index in [0.29, 0.717) is 5.39 Å². The first kappa shape index (κ1) is 15.0. The fourth-order valence-corrected chi connectivity index (χ4v) is 3.32. The van der Waals surface area contributed by atoms with Gasteiger partial charge in [-0.15, -0.1) is 0 Å². The van der Waals surface area contributed by atoms with Crippen LogP contribution in [0, 0.1) is 0 Å². The van der Waals surface area contributed by atoms with E-state index in [4.69, 9.17) is 0 Å². The second-order valence-corrected chi connectivity index (χ2v) is 6.46. The van der Waals surface area contributed by atoms with Crippen LogP contribution in [0.5, 0.6) is 0 Å². The quantitative estimate of drug-likeness (QED) is 0.848. The Kier molecular flexibility index (Phi) is 4.45. The molecule has 0 aliphatic carbocycles. The summed E-state index contributed by atoms with van der Waals surface area (Å²) < 4.78 is 32.3. The summed E-state index contributed by atoms with van der Waals surface area (Å²) in [7, 11) is -4.19. The second-order valence-electron chi connectivity index (χ2n) is 5.07. The van der Waals surface area contributed by atoms with Crippen LogP contribution < -0.4 is 0 Å². The molecule has 1 N–H and O–H groups in total. The van der Waals surface area contributed by atoms with Crippen LogP contribution in [0.2, 0.25) is 0 Å². The first-order chi connectivity index (χ1) is 9.47. The normalized spacial score (nSPS) is 11.9. The second kappa shape index (κ2) is 5.94. The Hall–Kier alpha value is -1.39. The number of rotatable bonds is 5. The fourth-order valence-electron chi connectivity index (χ4n) is 2.62. The smallest absolute Gasteiger partial charge is 0.282 e. The van der Waals surface area contributed by atoms with Crippen LogP contribution in [0.15, 0.2) is 35.2 Å². The minimum absolute atomic E-state index is 0.00426. The van der Waals surface area contributed by atoms with E-state index in [-0.39, 0.29) is 4.90 Å². The highest BCUT2D eigenvalue weighted by Crippen LogP contribution is 2.27. The third kappa shape index (κ3) is 3.02. The molecule has 2 aromatic carbocycles. The molecule has 0 aliphatic heterocycles. The van der Waals surface area contributed by atoms with E-state index in [1.54, 1.807) is 6.07 Å². The highest BCUT2D eigenvalue weighted by Gasteiger charge is 2.15. The molecule has 0 radical (unpaired) electrons. The van der Waals surface area contributed by atoms with Gasteiger partial charge in [0, 0.05) is 5.39 Å². The Bertz CT molecular complexity index is 718. The summed E-state index contributed by atoms with van der Waals surface area (Å²) in [4.78, 5) is -0.00426. The largest absolute Gasteiger partial charge is 0.295 e. The van der Waals surface area contributed by atoms with Crippen molar-refractivity contribution in [2.24, 2.45) is 0 Å². The van der Waals surface area contributed by atoms with Crippen molar-refractivity contribution in [3.63, 3.8) is 0 Å². The van der Waals surface area contributed by atoms with Gasteiger partial charge < -0.3 is 0 Å². The lowest BCUT2D eigenvalue weighted by Gasteiger charge is -2.12. The summed E-state index contributed by atoms with van der Waals surface area (Å²) in [5, 5.41) is 1.47. The van der Waals surface area contributed by atoms with Gasteiger partial charge in [0.05, 0.1) is 0 Å². The molecule has 0 aromatic heterocycles. The van der Waals surface area contributed by atoms with Crippen LogP contribution in [-0.4, -0.2) is 13.0 Å². The number of aryl methyl sites for hydroxylation is 2. The molecule has 20 heavy (non-hydrogen) atoms. The maximum Gasteiger partial charge on any atom is 0.295 e. The molecule has 0 bridgehead atoms. The molecule has 2 rings (SSSR count). The predicted octanol–water partition coefficient (Wildman–Crippen LogP) is 3.99. The van der Waals surface area contributed by atoms with Crippen LogP contribution in [0.1, 0.15) is 37.8 Å². The van der Waals surface area contributed by atoms with Crippen molar-refractivity contribution in [3.8, 4) is 0 Å².